The van der Waals surface area contributed by atoms with Crippen LogP contribution >= 0.6 is 0 Å². The van der Waals surface area contributed by atoms with E-state index in [0.717, 1.165) is 35.4 Å². The number of hydrogen-bond donors (Lipinski definition) is 2. The summed E-state index contributed by atoms with van der Waals surface area (Å²) in [7, 11) is 1.66. The normalized spacial score (nSPS) is 18.5. The fraction of sp³-hybridized carbons (Fsp3) is 0.444. The van der Waals surface area contributed by atoms with Gasteiger partial charge >= 0.3 is 6.03 Å². The number of amides is 2. The second kappa shape index (κ2) is 9.10. The van der Waals surface area contributed by atoms with Crippen molar-refractivity contribution in [1.29, 1.82) is 0 Å². The summed E-state index contributed by atoms with van der Waals surface area (Å²) in [5.74, 6) is 0.810. The van der Waals surface area contributed by atoms with E-state index in [1.807, 2.05) is 36.1 Å². The summed E-state index contributed by atoms with van der Waals surface area (Å²) in [6.07, 6.45) is 3.64. The molecule has 0 radical (unpaired) electrons. The molecule has 0 bridgehead atoms. The lowest BCUT2D eigenvalue weighted by molar-refractivity contribution is -0.0640. The lowest BCUT2D eigenvalue weighted by Gasteiger charge is -2.37. The quantitative estimate of drug-likeness (QED) is 0.676. The van der Waals surface area contributed by atoms with Gasteiger partial charge in [-0.25, -0.2) is 4.79 Å². The van der Waals surface area contributed by atoms with Crippen LogP contribution in [0, 0.1) is 0 Å². The Balaban J connectivity index is 1.34. The van der Waals surface area contributed by atoms with Gasteiger partial charge in [-0.15, -0.1) is 0 Å². The standard InChI is InChI=1S/C27H35N3O3/c1-19(20-9-11-22(12-10-20)26(2,3)4)28-25(31)30-15-13-27(14-16-30)18-24(29-33-27)21-7-6-8-23(17-21)32-5/h6-12,17-19,29H,13-16H2,1-5H3,(H,28,31). The van der Waals surface area contributed by atoms with Gasteiger partial charge in [0.2, 0.25) is 0 Å². The molecule has 1 atom stereocenters. The molecule has 0 aliphatic carbocycles. The highest BCUT2D eigenvalue weighted by Gasteiger charge is 2.40. The number of ether oxygens (including phenoxy) is 1. The van der Waals surface area contributed by atoms with E-state index in [0.29, 0.717) is 13.1 Å². The summed E-state index contributed by atoms with van der Waals surface area (Å²) in [5.41, 5.74) is 7.19. The summed E-state index contributed by atoms with van der Waals surface area (Å²) in [6, 6.07) is 16.4. The zero-order chi connectivity index (χ0) is 23.6. The second-order valence-corrected chi connectivity index (χ2v) is 10.1. The van der Waals surface area contributed by atoms with Gasteiger partial charge in [-0.3, -0.25) is 10.3 Å². The average Bonchev–Trinajstić information content (AvgIpc) is 3.22. The van der Waals surface area contributed by atoms with Crippen molar-refractivity contribution in [2.24, 2.45) is 0 Å². The monoisotopic (exact) mass is 449 g/mol. The fourth-order valence-corrected chi connectivity index (χ4v) is 4.38. The first-order valence-corrected chi connectivity index (χ1v) is 11.7. The molecule has 2 aliphatic rings. The predicted molar refractivity (Wildman–Crippen MR) is 131 cm³/mol. The van der Waals surface area contributed by atoms with Crippen LogP contribution in [0.4, 0.5) is 4.79 Å². The first-order valence-electron chi connectivity index (χ1n) is 11.7. The third kappa shape index (κ3) is 5.17. The van der Waals surface area contributed by atoms with Crippen LogP contribution in [0.2, 0.25) is 0 Å². The molecule has 2 N–H and O–H groups in total. The molecule has 6 heteroatoms. The summed E-state index contributed by atoms with van der Waals surface area (Å²) in [4.78, 5) is 20.8. The Morgan fingerprint density at radius 2 is 1.85 bits per heavy atom. The van der Waals surface area contributed by atoms with E-state index >= 15 is 0 Å². The predicted octanol–water partition coefficient (Wildman–Crippen LogP) is 5.17. The van der Waals surface area contributed by atoms with Gasteiger partial charge in [-0.05, 0) is 41.7 Å². The number of nitrogens with one attached hydrogen (secondary N) is 2. The maximum absolute atomic E-state index is 12.9. The first-order chi connectivity index (χ1) is 15.7. The Bertz CT molecular complexity index is 1020. The van der Waals surface area contributed by atoms with Crippen LogP contribution in [0.5, 0.6) is 5.75 Å². The molecule has 2 aliphatic heterocycles. The van der Waals surface area contributed by atoms with Crippen LogP contribution in [-0.2, 0) is 10.3 Å². The molecular formula is C27H35N3O3. The number of likely N-dealkylation sites (tertiary alicyclic amines) is 1. The van der Waals surface area contributed by atoms with Gasteiger partial charge in [0, 0.05) is 31.5 Å². The van der Waals surface area contributed by atoms with E-state index in [1.165, 1.54) is 5.56 Å². The molecule has 0 saturated carbocycles. The Morgan fingerprint density at radius 1 is 1.15 bits per heavy atom. The van der Waals surface area contributed by atoms with Gasteiger partial charge < -0.3 is 15.0 Å². The van der Waals surface area contributed by atoms with Crippen LogP contribution < -0.4 is 15.5 Å². The Morgan fingerprint density at radius 3 is 2.48 bits per heavy atom. The number of rotatable bonds is 4. The van der Waals surface area contributed by atoms with Gasteiger partial charge in [-0.2, -0.15) is 0 Å². The molecule has 6 nitrogen and oxygen atoms in total. The van der Waals surface area contributed by atoms with Crippen LogP contribution in [0.25, 0.3) is 5.70 Å². The van der Waals surface area contributed by atoms with Crippen molar-refractivity contribution in [1.82, 2.24) is 15.7 Å². The Labute approximate surface area is 196 Å². The van der Waals surface area contributed by atoms with Gasteiger partial charge in [0.05, 0.1) is 18.8 Å². The molecule has 2 aromatic rings. The molecule has 1 unspecified atom stereocenters. The van der Waals surface area contributed by atoms with Crippen LogP contribution in [0.3, 0.4) is 0 Å². The molecule has 4 rings (SSSR count). The van der Waals surface area contributed by atoms with Gasteiger partial charge in [0.1, 0.15) is 11.4 Å². The van der Waals surface area contributed by atoms with Crippen molar-refractivity contribution in [3.63, 3.8) is 0 Å². The summed E-state index contributed by atoms with van der Waals surface area (Å²) in [5, 5.41) is 3.15. The number of nitrogens with zero attached hydrogens (tertiary/aromatic N) is 1. The lowest BCUT2D eigenvalue weighted by atomic mass is 9.86. The van der Waals surface area contributed by atoms with Gasteiger partial charge in [-0.1, -0.05) is 57.2 Å². The summed E-state index contributed by atoms with van der Waals surface area (Å²) >= 11 is 0. The number of carbonyl (C=O) groups is 1. The molecule has 1 saturated heterocycles. The molecule has 1 fully saturated rings. The van der Waals surface area contributed by atoms with Crippen molar-refractivity contribution < 1.29 is 14.4 Å². The van der Waals surface area contributed by atoms with Crippen LogP contribution in [0.15, 0.2) is 54.6 Å². The number of benzene rings is 2. The molecule has 0 aromatic heterocycles. The summed E-state index contributed by atoms with van der Waals surface area (Å²) in [6.45, 7) is 9.93. The zero-order valence-electron chi connectivity index (χ0n) is 20.3. The molecule has 2 aromatic carbocycles. The number of urea groups is 1. The fourth-order valence-electron chi connectivity index (χ4n) is 4.38. The molecular weight excluding hydrogens is 414 g/mol. The highest BCUT2D eigenvalue weighted by Crippen LogP contribution is 2.35. The molecule has 2 heterocycles. The minimum absolute atomic E-state index is 0.0276. The SMILES string of the molecule is COc1cccc(C2=CC3(CCN(C(=O)NC(C)c4ccc(C(C)(C)C)cc4)CC3)ON2)c1. The maximum atomic E-state index is 12.9. The Hall–Kier alpha value is -2.99. The zero-order valence-corrected chi connectivity index (χ0v) is 20.3. The molecule has 33 heavy (non-hydrogen) atoms. The van der Waals surface area contributed by atoms with Crippen molar-refractivity contribution in [3.8, 4) is 5.75 Å². The average molecular weight is 450 g/mol. The van der Waals surface area contributed by atoms with Crippen molar-refractivity contribution >= 4 is 11.7 Å². The lowest BCUT2D eigenvalue weighted by Crippen LogP contribution is -2.50. The van der Waals surface area contributed by atoms with Crippen molar-refractivity contribution in [2.75, 3.05) is 20.2 Å². The second-order valence-electron chi connectivity index (χ2n) is 10.1. The van der Waals surface area contributed by atoms with E-state index in [9.17, 15) is 4.79 Å². The summed E-state index contributed by atoms with van der Waals surface area (Å²) < 4.78 is 5.33. The molecule has 176 valence electrons. The molecule has 2 amide bonds. The number of hydrogen-bond acceptors (Lipinski definition) is 4. The number of carbonyl (C=O) groups excluding carboxylic acids is 1. The van der Waals surface area contributed by atoms with E-state index in [2.05, 4.69) is 61.9 Å². The van der Waals surface area contributed by atoms with E-state index < -0.39 is 0 Å². The minimum Gasteiger partial charge on any atom is -0.497 e. The number of hydroxylamine groups is 1. The van der Waals surface area contributed by atoms with Crippen molar-refractivity contribution in [2.45, 2.75) is 57.6 Å². The van der Waals surface area contributed by atoms with Crippen LogP contribution in [0.1, 0.15) is 63.3 Å². The van der Waals surface area contributed by atoms with Crippen molar-refractivity contribution in [3.05, 3.63) is 71.3 Å². The third-order valence-corrected chi connectivity index (χ3v) is 6.67. The Kier molecular flexibility index (Phi) is 6.39. The minimum atomic E-state index is -0.385. The molecule has 1 spiro atoms. The highest BCUT2D eigenvalue weighted by atomic mass is 16.7. The van der Waals surface area contributed by atoms with Gasteiger partial charge in [0.25, 0.3) is 0 Å². The first kappa shape index (κ1) is 23.2. The number of methoxy groups -OCH3 is 1. The smallest absolute Gasteiger partial charge is 0.317 e. The van der Waals surface area contributed by atoms with E-state index in [4.69, 9.17) is 9.57 Å². The van der Waals surface area contributed by atoms with Gasteiger partial charge in [0.15, 0.2) is 0 Å². The maximum Gasteiger partial charge on any atom is 0.317 e. The van der Waals surface area contributed by atoms with E-state index in [-0.39, 0.29) is 23.1 Å². The number of piperidine rings is 1. The highest BCUT2D eigenvalue weighted by molar-refractivity contribution is 5.75. The van der Waals surface area contributed by atoms with Crippen LogP contribution in [-0.4, -0.2) is 36.7 Å². The van der Waals surface area contributed by atoms with E-state index in [1.54, 1.807) is 7.11 Å². The topological polar surface area (TPSA) is 62.8 Å². The third-order valence-electron chi connectivity index (χ3n) is 6.67. The largest absolute Gasteiger partial charge is 0.497 e.